The van der Waals surface area contributed by atoms with Crippen LogP contribution in [0, 0.1) is 0 Å². The van der Waals surface area contributed by atoms with E-state index in [-0.39, 0.29) is 36.0 Å². The summed E-state index contributed by atoms with van der Waals surface area (Å²) >= 11 is 0. The van der Waals surface area contributed by atoms with Gasteiger partial charge >= 0.3 is 29.6 Å². The molecule has 1 atom stereocenters. The van der Waals surface area contributed by atoms with Crippen LogP contribution in [0.4, 0.5) is 0 Å². The number of hydrogen-bond donors (Lipinski definition) is 1. The van der Waals surface area contributed by atoms with Crippen molar-refractivity contribution in [1.82, 2.24) is 0 Å². The monoisotopic (exact) mass is 234 g/mol. The molecule has 0 aliphatic heterocycles. The van der Waals surface area contributed by atoms with E-state index < -0.39 is 20.7 Å². The van der Waals surface area contributed by atoms with Crippen LogP contribution in [0.15, 0.2) is 0 Å². The number of methoxy groups -OCH3 is 1. The first-order valence-electron chi connectivity index (χ1n) is 3.75. The molecule has 0 aromatic carbocycles. The summed E-state index contributed by atoms with van der Waals surface area (Å²) in [5, 5.41) is 9.34. The largest absolute Gasteiger partial charge is 1.00 e. The van der Waals surface area contributed by atoms with Crippen molar-refractivity contribution in [2.75, 3.05) is 7.11 Å². The molecule has 0 amide bonds. The van der Waals surface area contributed by atoms with E-state index in [2.05, 4.69) is 0 Å². The van der Waals surface area contributed by atoms with E-state index in [9.17, 15) is 18.1 Å². The number of rotatable bonds is 4. The van der Waals surface area contributed by atoms with Gasteiger partial charge in [0, 0.05) is 13.5 Å². The molecular weight excluding hydrogens is 219 g/mol. The first-order valence-corrected chi connectivity index (χ1v) is 5.16. The molecule has 0 spiro atoms. The fourth-order valence-electron chi connectivity index (χ4n) is 0.950. The van der Waals surface area contributed by atoms with Crippen LogP contribution in [0.25, 0.3) is 0 Å². The van der Waals surface area contributed by atoms with Crippen molar-refractivity contribution >= 4 is 10.1 Å². The Morgan fingerprint density at radius 2 is 1.71 bits per heavy atom. The fraction of sp³-hybridized carbons (Fsp3) is 1.00. The van der Waals surface area contributed by atoms with Crippen LogP contribution >= 0.6 is 0 Å². The zero-order valence-electron chi connectivity index (χ0n) is 9.20. The quantitative estimate of drug-likeness (QED) is 0.415. The number of aliphatic hydroxyl groups is 1. The summed E-state index contributed by atoms with van der Waals surface area (Å²) in [7, 11) is -3.34. The van der Waals surface area contributed by atoms with Crippen LogP contribution < -0.4 is 29.6 Å². The minimum Gasteiger partial charge on any atom is -0.746 e. The standard InChI is InChI=1S/C7H16O5S.Na/c1-6(2,12-4)5-7(3,8)13(9,10)11;/h8H,5H2,1-4H3,(H,9,10,11);/q;+1/p-1. The molecule has 5 nitrogen and oxygen atoms in total. The van der Waals surface area contributed by atoms with E-state index in [1.54, 1.807) is 13.8 Å². The van der Waals surface area contributed by atoms with Crippen molar-refractivity contribution in [3.63, 3.8) is 0 Å². The van der Waals surface area contributed by atoms with E-state index in [1.165, 1.54) is 7.11 Å². The Morgan fingerprint density at radius 3 is 1.93 bits per heavy atom. The average molecular weight is 234 g/mol. The summed E-state index contributed by atoms with van der Waals surface area (Å²) < 4.78 is 36.7. The third-order valence-electron chi connectivity index (χ3n) is 1.84. The van der Waals surface area contributed by atoms with Crippen molar-refractivity contribution in [2.45, 2.75) is 37.7 Å². The Hall–Kier alpha value is 0.830. The van der Waals surface area contributed by atoms with Gasteiger partial charge in [0.15, 0.2) is 4.93 Å². The van der Waals surface area contributed by atoms with Gasteiger partial charge in [-0.3, -0.25) is 0 Å². The van der Waals surface area contributed by atoms with Gasteiger partial charge in [0.2, 0.25) is 0 Å². The Morgan fingerprint density at radius 1 is 1.36 bits per heavy atom. The summed E-state index contributed by atoms with van der Waals surface area (Å²) in [5.74, 6) is 0. The maximum Gasteiger partial charge on any atom is 1.00 e. The van der Waals surface area contributed by atoms with E-state index in [0.29, 0.717) is 0 Å². The molecule has 7 heteroatoms. The van der Waals surface area contributed by atoms with Gasteiger partial charge in [0.1, 0.15) is 10.1 Å². The van der Waals surface area contributed by atoms with Crippen molar-refractivity contribution in [2.24, 2.45) is 0 Å². The summed E-state index contributed by atoms with van der Waals surface area (Å²) in [5.41, 5.74) is -0.846. The van der Waals surface area contributed by atoms with Crippen LogP contribution in [0.1, 0.15) is 27.2 Å². The molecule has 0 rings (SSSR count). The molecule has 0 aliphatic carbocycles. The molecular formula is C7H15NaO5S. The second-order valence-electron chi connectivity index (χ2n) is 3.77. The molecule has 14 heavy (non-hydrogen) atoms. The van der Waals surface area contributed by atoms with Crippen LogP contribution in [-0.2, 0) is 14.9 Å². The van der Waals surface area contributed by atoms with Gasteiger partial charge in [-0.1, -0.05) is 0 Å². The Labute approximate surface area is 107 Å². The molecule has 0 radical (unpaired) electrons. The molecule has 0 saturated carbocycles. The van der Waals surface area contributed by atoms with Gasteiger partial charge in [-0.2, -0.15) is 0 Å². The zero-order chi connectivity index (χ0) is 10.9. The summed E-state index contributed by atoms with van der Waals surface area (Å²) in [4.78, 5) is -2.29. The van der Waals surface area contributed by atoms with Gasteiger partial charge in [-0.25, -0.2) is 8.42 Å². The van der Waals surface area contributed by atoms with Crippen LogP contribution in [0.5, 0.6) is 0 Å². The number of hydrogen-bond acceptors (Lipinski definition) is 5. The van der Waals surface area contributed by atoms with Gasteiger partial charge in [-0.15, -0.1) is 0 Å². The van der Waals surface area contributed by atoms with Gasteiger partial charge < -0.3 is 14.4 Å². The van der Waals surface area contributed by atoms with E-state index >= 15 is 0 Å². The smallest absolute Gasteiger partial charge is 0.746 e. The first-order chi connectivity index (χ1) is 5.52. The average Bonchev–Trinajstić information content (AvgIpc) is 1.83. The second-order valence-corrected chi connectivity index (χ2v) is 5.56. The molecule has 1 N–H and O–H groups in total. The van der Waals surface area contributed by atoms with E-state index in [0.717, 1.165) is 6.92 Å². The van der Waals surface area contributed by atoms with Crippen LogP contribution in [0.3, 0.4) is 0 Å². The van der Waals surface area contributed by atoms with Gasteiger partial charge in [-0.05, 0) is 20.8 Å². The number of ether oxygens (including phenoxy) is 1. The molecule has 0 fully saturated rings. The van der Waals surface area contributed by atoms with Crippen molar-refractivity contribution in [1.29, 1.82) is 0 Å². The Kier molecular flexibility index (Phi) is 6.46. The van der Waals surface area contributed by atoms with Gasteiger partial charge in [0.05, 0.1) is 5.60 Å². The van der Waals surface area contributed by atoms with Crippen molar-refractivity contribution < 1.29 is 52.4 Å². The predicted octanol–water partition coefficient (Wildman–Crippen LogP) is -2.94. The maximum atomic E-state index is 10.6. The summed E-state index contributed by atoms with van der Waals surface area (Å²) in [6.45, 7) is 4.15. The normalized spacial score (nSPS) is 17.0. The topological polar surface area (TPSA) is 86.7 Å². The summed E-state index contributed by atoms with van der Waals surface area (Å²) in [6.07, 6.45) is -0.262. The molecule has 1 unspecified atom stereocenters. The predicted molar refractivity (Wildman–Crippen MR) is 46.0 cm³/mol. The second kappa shape index (κ2) is 5.25. The Bertz CT molecular complexity index is 270. The molecule has 0 aromatic rings. The van der Waals surface area contributed by atoms with E-state index in [1.807, 2.05) is 0 Å². The molecule has 80 valence electrons. The minimum absolute atomic E-state index is 0. The van der Waals surface area contributed by atoms with Crippen LogP contribution in [-0.4, -0.2) is 35.7 Å². The Balaban J connectivity index is 0. The third kappa shape index (κ3) is 5.06. The molecule has 0 bridgehead atoms. The van der Waals surface area contributed by atoms with Crippen LogP contribution in [0.2, 0.25) is 0 Å². The molecule has 0 aliphatic rings. The first kappa shape index (κ1) is 17.2. The van der Waals surface area contributed by atoms with Gasteiger partial charge in [0.25, 0.3) is 0 Å². The zero-order valence-corrected chi connectivity index (χ0v) is 12.0. The fourth-order valence-corrected chi connectivity index (χ4v) is 1.47. The minimum atomic E-state index is -4.72. The van der Waals surface area contributed by atoms with Crippen molar-refractivity contribution in [3.05, 3.63) is 0 Å². The molecule has 0 heterocycles. The maximum absolute atomic E-state index is 10.6. The molecule has 0 aromatic heterocycles. The van der Waals surface area contributed by atoms with Crippen molar-refractivity contribution in [3.8, 4) is 0 Å². The van der Waals surface area contributed by atoms with E-state index in [4.69, 9.17) is 4.74 Å². The SMILES string of the molecule is COC(C)(C)CC(C)(O)S(=O)(=O)[O-].[Na+]. The summed E-state index contributed by atoms with van der Waals surface area (Å²) in [6, 6.07) is 0. The third-order valence-corrected chi connectivity index (χ3v) is 3.07. The molecule has 0 saturated heterocycles.